The number of carbonyl (C=O) groups excluding carboxylic acids is 2. The molecule has 2 aromatic carbocycles. The van der Waals surface area contributed by atoms with Crippen molar-refractivity contribution in [3.8, 4) is 5.75 Å². The third-order valence-corrected chi connectivity index (χ3v) is 4.24. The quantitative estimate of drug-likeness (QED) is 0.734. The Morgan fingerprint density at radius 3 is 2.79 bits per heavy atom. The molecule has 0 spiro atoms. The molecule has 0 bridgehead atoms. The summed E-state index contributed by atoms with van der Waals surface area (Å²) in [5.74, 6) is 0.0664. The second-order valence-corrected chi connectivity index (χ2v) is 6.51. The van der Waals surface area contributed by atoms with E-state index in [4.69, 9.17) is 9.47 Å². The van der Waals surface area contributed by atoms with E-state index in [0.717, 1.165) is 5.56 Å². The number of rotatable bonds is 5. The molecule has 0 atom stereocenters. The second kappa shape index (κ2) is 8.71. The summed E-state index contributed by atoms with van der Waals surface area (Å²) in [4.78, 5) is 23.4. The number of ether oxygens (including phenoxy) is 2. The van der Waals surface area contributed by atoms with Gasteiger partial charge in [-0.25, -0.2) is 9.18 Å². The van der Waals surface area contributed by atoms with E-state index in [1.807, 2.05) is 6.92 Å². The Morgan fingerprint density at radius 1 is 1.18 bits per heavy atom. The van der Waals surface area contributed by atoms with E-state index >= 15 is 0 Å². The molecule has 1 aliphatic heterocycles. The fourth-order valence-corrected chi connectivity index (χ4v) is 2.96. The van der Waals surface area contributed by atoms with Crippen LogP contribution in [-0.2, 0) is 22.6 Å². The zero-order chi connectivity index (χ0) is 20.1. The Hall–Kier alpha value is -3.13. The fraction of sp³-hybridized carbons (Fsp3) is 0.300. The minimum Gasteiger partial charge on any atom is -0.467 e. The number of anilines is 2. The molecule has 0 radical (unpaired) electrons. The molecule has 1 heterocycles. The van der Waals surface area contributed by atoms with Gasteiger partial charge in [0.2, 0.25) is 5.91 Å². The summed E-state index contributed by atoms with van der Waals surface area (Å²) in [6, 6.07) is 7.66. The van der Waals surface area contributed by atoms with Crippen LogP contribution in [0.2, 0.25) is 0 Å². The van der Waals surface area contributed by atoms with Crippen molar-refractivity contribution >= 4 is 23.3 Å². The van der Waals surface area contributed by atoms with Crippen molar-refractivity contribution in [2.75, 3.05) is 24.0 Å². The van der Waals surface area contributed by atoms with Gasteiger partial charge in [0.1, 0.15) is 11.6 Å². The second-order valence-electron chi connectivity index (χ2n) is 6.51. The number of hydrogen-bond donors (Lipinski definition) is 3. The summed E-state index contributed by atoms with van der Waals surface area (Å²) in [5.41, 5.74) is 3.39. The summed E-state index contributed by atoms with van der Waals surface area (Å²) in [5, 5.41) is 8.18. The van der Waals surface area contributed by atoms with Crippen molar-refractivity contribution in [3.63, 3.8) is 0 Å². The highest BCUT2D eigenvalue weighted by Crippen LogP contribution is 2.29. The van der Waals surface area contributed by atoms with E-state index in [1.165, 1.54) is 19.1 Å². The Kier molecular flexibility index (Phi) is 6.10. The van der Waals surface area contributed by atoms with Gasteiger partial charge in [-0.2, -0.15) is 0 Å². The molecule has 0 saturated heterocycles. The van der Waals surface area contributed by atoms with Crippen LogP contribution in [0.25, 0.3) is 0 Å². The zero-order valence-corrected chi connectivity index (χ0v) is 15.7. The van der Waals surface area contributed by atoms with Crippen LogP contribution in [0.4, 0.5) is 20.6 Å². The van der Waals surface area contributed by atoms with Crippen molar-refractivity contribution in [2.45, 2.75) is 26.9 Å². The molecule has 0 aliphatic carbocycles. The van der Waals surface area contributed by atoms with Crippen molar-refractivity contribution in [1.82, 2.24) is 5.32 Å². The van der Waals surface area contributed by atoms with Crippen molar-refractivity contribution in [1.29, 1.82) is 0 Å². The smallest absolute Gasteiger partial charge is 0.319 e. The highest BCUT2D eigenvalue weighted by Gasteiger charge is 2.17. The van der Waals surface area contributed by atoms with E-state index in [9.17, 15) is 14.0 Å². The van der Waals surface area contributed by atoms with Gasteiger partial charge in [-0.1, -0.05) is 6.07 Å². The van der Waals surface area contributed by atoms with Crippen molar-refractivity contribution in [3.05, 3.63) is 52.8 Å². The molecule has 0 aromatic heterocycles. The van der Waals surface area contributed by atoms with Gasteiger partial charge in [0.25, 0.3) is 0 Å². The number of urea groups is 1. The lowest BCUT2D eigenvalue weighted by Crippen LogP contribution is -2.31. The van der Waals surface area contributed by atoms with Gasteiger partial charge in [0.15, 0.2) is 6.79 Å². The highest BCUT2D eigenvalue weighted by molar-refractivity contribution is 5.93. The van der Waals surface area contributed by atoms with Crippen molar-refractivity contribution < 1.29 is 23.5 Å². The van der Waals surface area contributed by atoms with E-state index in [0.29, 0.717) is 47.8 Å². The molecule has 3 amide bonds. The lowest BCUT2D eigenvalue weighted by molar-refractivity contribution is -0.114. The van der Waals surface area contributed by atoms with E-state index in [1.54, 1.807) is 18.2 Å². The SMILES string of the molecule is CC(=O)Nc1ccc(C)c(NC(=O)NCCc2cc(F)cc3c2OCOC3)c1. The first kappa shape index (κ1) is 19.6. The average molecular weight is 387 g/mol. The summed E-state index contributed by atoms with van der Waals surface area (Å²) in [6.45, 7) is 4.00. The first-order chi connectivity index (χ1) is 13.4. The summed E-state index contributed by atoms with van der Waals surface area (Å²) in [7, 11) is 0. The molecule has 8 heteroatoms. The number of benzene rings is 2. The monoisotopic (exact) mass is 387 g/mol. The minimum absolute atomic E-state index is 0.128. The summed E-state index contributed by atoms with van der Waals surface area (Å²) in [6.07, 6.45) is 0.415. The Labute approximate surface area is 162 Å². The summed E-state index contributed by atoms with van der Waals surface area (Å²) < 4.78 is 24.4. The molecule has 3 rings (SSSR count). The van der Waals surface area contributed by atoms with Crippen LogP contribution >= 0.6 is 0 Å². The molecule has 1 aliphatic rings. The largest absolute Gasteiger partial charge is 0.467 e. The van der Waals surface area contributed by atoms with Gasteiger partial charge in [-0.15, -0.1) is 0 Å². The first-order valence-electron chi connectivity index (χ1n) is 8.87. The molecule has 3 N–H and O–H groups in total. The van der Waals surface area contributed by atoms with E-state index < -0.39 is 6.03 Å². The Bertz CT molecular complexity index is 901. The van der Waals surface area contributed by atoms with Crippen LogP contribution in [-0.4, -0.2) is 25.3 Å². The lowest BCUT2D eigenvalue weighted by Gasteiger charge is -2.21. The Balaban J connectivity index is 1.58. The van der Waals surface area contributed by atoms with Gasteiger partial charge in [0, 0.05) is 30.4 Å². The van der Waals surface area contributed by atoms with Crippen LogP contribution in [0.15, 0.2) is 30.3 Å². The number of carbonyl (C=O) groups is 2. The van der Waals surface area contributed by atoms with Crippen LogP contribution in [0.1, 0.15) is 23.6 Å². The number of amides is 3. The zero-order valence-electron chi connectivity index (χ0n) is 15.7. The number of nitrogens with one attached hydrogen (secondary N) is 3. The van der Waals surface area contributed by atoms with Gasteiger partial charge in [0.05, 0.1) is 6.61 Å². The first-order valence-corrected chi connectivity index (χ1v) is 8.87. The average Bonchev–Trinajstić information content (AvgIpc) is 2.64. The maximum atomic E-state index is 13.8. The fourth-order valence-electron chi connectivity index (χ4n) is 2.96. The molecule has 0 unspecified atom stereocenters. The molecular weight excluding hydrogens is 365 g/mol. The van der Waals surface area contributed by atoms with E-state index in [2.05, 4.69) is 16.0 Å². The number of halogens is 1. The summed E-state index contributed by atoms with van der Waals surface area (Å²) >= 11 is 0. The normalized spacial score (nSPS) is 12.5. The number of fused-ring (bicyclic) bond motifs is 1. The highest BCUT2D eigenvalue weighted by atomic mass is 19.1. The topological polar surface area (TPSA) is 88.7 Å². The van der Waals surface area contributed by atoms with Crippen molar-refractivity contribution in [2.24, 2.45) is 0 Å². The maximum Gasteiger partial charge on any atom is 0.319 e. The third-order valence-electron chi connectivity index (χ3n) is 4.24. The van der Waals surface area contributed by atoms with Crippen LogP contribution in [0.5, 0.6) is 5.75 Å². The molecule has 2 aromatic rings. The molecule has 148 valence electrons. The number of aryl methyl sites for hydroxylation is 1. The van der Waals surface area contributed by atoms with Gasteiger partial charge in [-0.05, 0) is 48.7 Å². The predicted octanol–water partition coefficient (Wildman–Crippen LogP) is 3.32. The van der Waals surface area contributed by atoms with Gasteiger partial charge >= 0.3 is 6.03 Å². The lowest BCUT2D eigenvalue weighted by atomic mass is 10.1. The minimum atomic E-state index is -0.391. The predicted molar refractivity (Wildman–Crippen MR) is 103 cm³/mol. The standard InChI is InChI=1S/C20H22FN3O4/c1-12-3-4-17(23-13(2)25)9-18(12)24-20(26)22-6-5-14-7-16(21)8-15-10-27-11-28-19(14)15/h3-4,7-9H,5-6,10-11H2,1-2H3,(H,23,25)(H2,22,24,26). The van der Waals surface area contributed by atoms with E-state index in [-0.39, 0.29) is 18.5 Å². The molecule has 28 heavy (non-hydrogen) atoms. The third kappa shape index (κ3) is 4.98. The Morgan fingerprint density at radius 2 is 2.00 bits per heavy atom. The van der Waals surface area contributed by atoms with Gasteiger partial charge in [-0.3, -0.25) is 4.79 Å². The molecular formula is C20H22FN3O4. The molecule has 0 fully saturated rings. The van der Waals surface area contributed by atoms with Gasteiger partial charge < -0.3 is 25.4 Å². The van der Waals surface area contributed by atoms with Crippen LogP contribution < -0.4 is 20.7 Å². The molecule has 7 nitrogen and oxygen atoms in total. The number of hydrogen-bond acceptors (Lipinski definition) is 4. The molecule has 0 saturated carbocycles. The van der Waals surface area contributed by atoms with Crippen LogP contribution in [0.3, 0.4) is 0 Å². The van der Waals surface area contributed by atoms with Crippen LogP contribution in [0, 0.1) is 12.7 Å². The maximum absolute atomic E-state index is 13.8.